The van der Waals surface area contributed by atoms with Gasteiger partial charge in [-0.1, -0.05) is 17.7 Å². The number of hydrogen-bond acceptors (Lipinski definition) is 3. The van der Waals surface area contributed by atoms with E-state index in [1.54, 1.807) is 36.4 Å². The summed E-state index contributed by atoms with van der Waals surface area (Å²) < 4.78 is 23.7. The number of anilines is 1. The van der Waals surface area contributed by atoms with Crippen molar-refractivity contribution in [1.82, 2.24) is 0 Å². The summed E-state index contributed by atoms with van der Waals surface area (Å²) in [5.74, 6) is -0.358. The minimum Gasteiger partial charge on any atom is -0.300 e. The molecule has 4 nitrogen and oxygen atoms in total. The standard InChI is InChI=1S/C19H18ClNO3S/c1-13-3-4-15(11-14(13)2)19(22)21(17-7-5-16(20)6-8-17)18-9-10-25(23,24)12-18/h3-11,18H,12H2,1-2H3/t18-/m0/s1. The number of amides is 1. The lowest BCUT2D eigenvalue weighted by Crippen LogP contribution is -2.41. The van der Waals surface area contributed by atoms with Gasteiger partial charge in [-0.3, -0.25) is 4.79 Å². The number of aryl methyl sites for hydroxylation is 2. The normalized spacial score (nSPS) is 18.3. The summed E-state index contributed by atoms with van der Waals surface area (Å²) >= 11 is 5.94. The van der Waals surface area contributed by atoms with Gasteiger partial charge in [-0.25, -0.2) is 8.42 Å². The maximum Gasteiger partial charge on any atom is 0.258 e. The quantitative estimate of drug-likeness (QED) is 0.817. The molecule has 0 aromatic heterocycles. The van der Waals surface area contributed by atoms with Gasteiger partial charge in [-0.2, -0.15) is 0 Å². The molecule has 0 aliphatic carbocycles. The van der Waals surface area contributed by atoms with Crippen molar-refractivity contribution in [3.05, 3.63) is 75.7 Å². The Morgan fingerprint density at radius 1 is 1.08 bits per heavy atom. The van der Waals surface area contributed by atoms with Gasteiger partial charge in [0.25, 0.3) is 5.91 Å². The maximum atomic E-state index is 13.2. The number of hydrogen-bond donors (Lipinski definition) is 0. The van der Waals surface area contributed by atoms with Crippen LogP contribution in [0, 0.1) is 13.8 Å². The van der Waals surface area contributed by atoms with Gasteiger partial charge in [0.15, 0.2) is 9.84 Å². The lowest BCUT2D eigenvalue weighted by atomic mass is 10.0. The highest BCUT2D eigenvalue weighted by atomic mass is 35.5. The van der Waals surface area contributed by atoms with Crippen LogP contribution in [0.1, 0.15) is 21.5 Å². The smallest absolute Gasteiger partial charge is 0.258 e. The molecule has 2 aromatic carbocycles. The highest BCUT2D eigenvalue weighted by Crippen LogP contribution is 2.26. The van der Waals surface area contributed by atoms with Gasteiger partial charge in [-0.15, -0.1) is 0 Å². The van der Waals surface area contributed by atoms with Gasteiger partial charge >= 0.3 is 0 Å². The Morgan fingerprint density at radius 3 is 2.32 bits per heavy atom. The Hall–Kier alpha value is -2.11. The fourth-order valence-corrected chi connectivity index (χ4v) is 4.19. The van der Waals surface area contributed by atoms with E-state index in [1.165, 1.54) is 10.3 Å². The molecular formula is C19H18ClNO3S. The Morgan fingerprint density at radius 2 is 1.76 bits per heavy atom. The molecule has 0 fully saturated rings. The molecule has 0 saturated heterocycles. The number of halogens is 1. The van der Waals surface area contributed by atoms with E-state index < -0.39 is 15.9 Å². The lowest BCUT2D eigenvalue weighted by Gasteiger charge is -2.28. The molecule has 6 heteroatoms. The van der Waals surface area contributed by atoms with Crippen LogP contribution in [0.3, 0.4) is 0 Å². The molecular weight excluding hydrogens is 358 g/mol. The minimum atomic E-state index is -3.29. The molecule has 1 aliphatic heterocycles. The molecule has 1 atom stereocenters. The van der Waals surface area contributed by atoms with E-state index in [0.717, 1.165) is 11.1 Å². The summed E-state index contributed by atoms with van der Waals surface area (Å²) in [5.41, 5.74) is 3.24. The Balaban J connectivity index is 2.04. The fraction of sp³-hybridized carbons (Fsp3) is 0.211. The van der Waals surface area contributed by atoms with Crippen LogP contribution < -0.4 is 4.90 Å². The zero-order valence-electron chi connectivity index (χ0n) is 13.9. The highest BCUT2D eigenvalue weighted by Gasteiger charge is 2.32. The first-order chi connectivity index (χ1) is 11.8. The van der Waals surface area contributed by atoms with Crippen molar-refractivity contribution in [3.8, 4) is 0 Å². The highest BCUT2D eigenvalue weighted by molar-refractivity contribution is 7.94. The molecule has 0 bridgehead atoms. The maximum absolute atomic E-state index is 13.2. The van der Waals surface area contributed by atoms with Crippen molar-refractivity contribution in [3.63, 3.8) is 0 Å². The first-order valence-corrected chi connectivity index (χ1v) is 9.93. The molecule has 0 radical (unpaired) electrons. The molecule has 2 aromatic rings. The van der Waals surface area contributed by atoms with Crippen LogP contribution in [0.15, 0.2) is 53.9 Å². The van der Waals surface area contributed by atoms with Crippen LogP contribution >= 0.6 is 11.6 Å². The zero-order valence-corrected chi connectivity index (χ0v) is 15.5. The van der Waals surface area contributed by atoms with E-state index >= 15 is 0 Å². The van der Waals surface area contributed by atoms with E-state index in [-0.39, 0.29) is 11.7 Å². The van der Waals surface area contributed by atoms with E-state index in [1.807, 2.05) is 26.0 Å². The molecule has 0 saturated carbocycles. The molecule has 3 rings (SSSR count). The van der Waals surface area contributed by atoms with Crippen molar-refractivity contribution in [1.29, 1.82) is 0 Å². The van der Waals surface area contributed by atoms with E-state index in [2.05, 4.69) is 0 Å². The molecule has 1 heterocycles. The number of nitrogens with zero attached hydrogens (tertiary/aromatic N) is 1. The second kappa shape index (κ2) is 6.65. The van der Waals surface area contributed by atoms with Crippen molar-refractivity contribution in [2.24, 2.45) is 0 Å². The zero-order chi connectivity index (χ0) is 18.2. The van der Waals surface area contributed by atoms with E-state index in [9.17, 15) is 13.2 Å². The van der Waals surface area contributed by atoms with E-state index in [0.29, 0.717) is 16.3 Å². The summed E-state index contributed by atoms with van der Waals surface area (Å²) in [7, 11) is -3.29. The predicted molar refractivity (Wildman–Crippen MR) is 101 cm³/mol. The van der Waals surface area contributed by atoms with Gasteiger partial charge in [0, 0.05) is 21.7 Å². The summed E-state index contributed by atoms with van der Waals surface area (Å²) in [4.78, 5) is 14.7. The summed E-state index contributed by atoms with van der Waals surface area (Å²) in [6.07, 6.45) is 1.56. The van der Waals surface area contributed by atoms with Crippen LogP contribution in [-0.4, -0.2) is 26.1 Å². The number of sulfone groups is 1. The van der Waals surface area contributed by atoms with Crippen LogP contribution in [0.4, 0.5) is 5.69 Å². The van der Waals surface area contributed by atoms with Gasteiger partial charge in [-0.05, 0) is 67.4 Å². The van der Waals surface area contributed by atoms with Crippen molar-refractivity contribution in [2.75, 3.05) is 10.7 Å². The van der Waals surface area contributed by atoms with Gasteiger partial charge in [0.05, 0.1) is 11.8 Å². The topological polar surface area (TPSA) is 54.5 Å². The molecule has 25 heavy (non-hydrogen) atoms. The molecule has 0 spiro atoms. The number of carbonyl (C=O) groups is 1. The summed E-state index contributed by atoms with van der Waals surface area (Å²) in [5, 5.41) is 1.73. The molecule has 0 unspecified atom stereocenters. The third-order valence-corrected chi connectivity index (χ3v) is 5.95. The number of benzene rings is 2. The number of rotatable bonds is 3. The summed E-state index contributed by atoms with van der Waals surface area (Å²) in [6.45, 7) is 3.92. The Labute approximate surface area is 152 Å². The van der Waals surface area contributed by atoms with Crippen molar-refractivity contribution in [2.45, 2.75) is 19.9 Å². The largest absolute Gasteiger partial charge is 0.300 e. The Kier molecular flexibility index (Phi) is 4.71. The van der Waals surface area contributed by atoms with Crippen LogP contribution in [0.5, 0.6) is 0 Å². The van der Waals surface area contributed by atoms with Crippen LogP contribution in [0.25, 0.3) is 0 Å². The lowest BCUT2D eigenvalue weighted by molar-refractivity contribution is 0.0983. The average molecular weight is 376 g/mol. The fourth-order valence-electron chi connectivity index (χ4n) is 2.79. The minimum absolute atomic E-state index is 0.119. The monoisotopic (exact) mass is 375 g/mol. The third kappa shape index (κ3) is 3.78. The molecule has 0 N–H and O–H groups in total. The molecule has 1 amide bonds. The summed E-state index contributed by atoms with van der Waals surface area (Å²) in [6, 6.07) is 11.8. The Bertz CT molecular complexity index is 949. The molecule has 130 valence electrons. The SMILES string of the molecule is Cc1ccc(C(=O)N(c2ccc(Cl)cc2)[C@H]2C=CS(=O)(=O)C2)cc1C. The first kappa shape index (κ1) is 17.7. The van der Waals surface area contributed by atoms with Crippen molar-refractivity contribution >= 4 is 33.0 Å². The van der Waals surface area contributed by atoms with Crippen molar-refractivity contribution < 1.29 is 13.2 Å². The number of carbonyl (C=O) groups excluding carboxylic acids is 1. The average Bonchev–Trinajstić information content (AvgIpc) is 2.91. The van der Waals surface area contributed by atoms with Crippen LogP contribution in [0.2, 0.25) is 5.02 Å². The van der Waals surface area contributed by atoms with E-state index in [4.69, 9.17) is 11.6 Å². The third-order valence-electron chi connectivity index (χ3n) is 4.32. The van der Waals surface area contributed by atoms with Gasteiger partial charge in [0.1, 0.15) is 0 Å². The predicted octanol–water partition coefficient (Wildman–Crippen LogP) is 3.91. The first-order valence-electron chi connectivity index (χ1n) is 7.84. The van der Waals surface area contributed by atoms with Gasteiger partial charge < -0.3 is 4.90 Å². The van der Waals surface area contributed by atoms with Crippen LogP contribution in [-0.2, 0) is 9.84 Å². The molecule has 1 aliphatic rings. The van der Waals surface area contributed by atoms with Gasteiger partial charge in [0.2, 0.25) is 0 Å². The second-order valence-corrected chi connectivity index (χ2v) is 8.54. The second-order valence-electron chi connectivity index (χ2n) is 6.18.